The van der Waals surface area contributed by atoms with Gasteiger partial charge in [0.1, 0.15) is 18.4 Å². The Morgan fingerprint density at radius 2 is 1.61 bits per heavy atom. The number of sulfonamides is 1. The number of nitrogens with one attached hydrogen (secondary N) is 1. The molecule has 38 heavy (non-hydrogen) atoms. The van der Waals surface area contributed by atoms with E-state index in [1.54, 1.807) is 55.5 Å². The molecule has 3 aromatic rings. The Bertz CT molecular complexity index is 1340. The van der Waals surface area contributed by atoms with Crippen LogP contribution >= 0.6 is 15.9 Å². The largest absolute Gasteiger partial charge is 0.354 e. The fraction of sp³-hybridized carbons (Fsp3) is 0.286. The molecule has 202 valence electrons. The Morgan fingerprint density at radius 1 is 0.974 bits per heavy atom. The van der Waals surface area contributed by atoms with E-state index in [1.807, 2.05) is 6.92 Å². The minimum Gasteiger partial charge on any atom is -0.354 e. The van der Waals surface area contributed by atoms with Crippen LogP contribution in [0.5, 0.6) is 0 Å². The number of carbonyl (C=O) groups is 2. The lowest BCUT2D eigenvalue weighted by atomic mass is 10.1. The van der Waals surface area contributed by atoms with Crippen LogP contribution in [-0.4, -0.2) is 44.3 Å². The summed E-state index contributed by atoms with van der Waals surface area (Å²) in [6, 6.07) is 19.3. The third-order valence-electron chi connectivity index (χ3n) is 6.02. The van der Waals surface area contributed by atoms with Crippen LogP contribution in [0.1, 0.15) is 32.3 Å². The number of amides is 2. The van der Waals surface area contributed by atoms with Crippen molar-refractivity contribution in [3.8, 4) is 0 Å². The summed E-state index contributed by atoms with van der Waals surface area (Å²) >= 11 is 3.35. The van der Waals surface area contributed by atoms with E-state index < -0.39 is 40.2 Å². The second-order valence-corrected chi connectivity index (χ2v) is 11.5. The molecular formula is C28H31BrFN3O4S. The molecule has 1 atom stereocenters. The van der Waals surface area contributed by atoms with Gasteiger partial charge >= 0.3 is 0 Å². The molecule has 0 saturated heterocycles. The van der Waals surface area contributed by atoms with E-state index in [1.165, 1.54) is 35.2 Å². The molecule has 0 heterocycles. The zero-order valence-corrected chi connectivity index (χ0v) is 23.7. The molecule has 0 bridgehead atoms. The van der Waals surface area contributed by atoms with Crippen molar-refractivity contribution in [1.82, 2.24) is 10.2 Å². The van der Waals surface area contributed by atoms with E-state index in [9.17, 15) is 22.4 Å². The number of anilines is 1. The van der Waals surface area contributed by atoms with Crippen LogP contribution < -0.4 is 9.62 Å². The predicted octanol–water partition coefficient (Wildman–Crippen LogP) is 5.12. The highest BCUT2D eigenvalue weighted by Crippen LogP contribution is 2.26. The normalized spacial score (nSPS) is 12.0. The highest BCUT2D eigenvalue weighted by Gasteiger charge is 2.32. The molecular weight excluding hydrogens is 573 g/mol. The molecule has 10 heteroatoms. The molecule has 0 fully saturated rings. The van der Waals surface area contributed by atoms with Crippen LogP contribution in [0.25, 0.3) is 0 Å². The molecule has 2 amide bonds. The van der Waals surface area contributed by atoms with Crippen molar-refractivity contribution >= 4 is 43.5 Å². The first-order chi connectivity index (χ1) is 18.1. The minimum absolute atomic E-state index is 0.0155. The Balaban J connectivity index is 1.99. The lowest BCUT2D eigenvalue weighted by Gasteiger charge is -2.32. The molecule has 0 aliphatic heterocycles. The van der Waals surface area contributed by atoms with Gasteiger partial charge in [-0.15, -0.1) is 0 Å². The molecule has 0 aliphatic rings. The fourth-order valence-electron chi connectivity index (χ4n) is 3.78. The SMILES string of the molecule is CCCCNC(=O)[C@H](C)N(Cc1ccccc1F)C(=O)CN(c1ccc(Br)cc1)S(=O)(=O)c1ccccc1. The predicted molar refractivity (Wildman–Crippen MR) is 149 cm³/mol. The quantitative estimate of drug-likeness (QED) is 0.291. The van der Waals surface area contributed by atoms with Crippen molar-refractivity contribution in [3.05, 3.63) is 94.7 Å². The summed E-state index contributed by atoms with van der Waals surface area (Å²) < 4.78 is 43.6. The smallest absolute Gasteiger partial charge is 0.264 e. The van der Waals surface area contributed by atoms with Gasteiger partial charge < -0.3 is 10.2 Å². The molecule has 1 N–H and O–H groups in total. The third-order valence-corrected chi connectivity index (χ3v) is 8.34. The summed E-state index contributed by atoms with van der Waals surface area (Å²) in [6.45, 7) is 3.20. The maximum atomic E-state index is 14.6. The highest BCUT2D eigenvalue weighted by molar-refractivity contribution is 9.10. The molecule has 0 saturated carbocycles. The topological polar surface area (TPSA) is 86.8 Å². The third kappa shape index (κ3) is 7.41. The molecule has 0 aromatic heterocycles. The second-order valence-electron chi connectivity index (χ2n) is 8.73. The van der Waals surface area contributed by atoms with Gasteiger partial charge in [-0.1, -0.05) is 65.7 Å². The Labute approximate surface area is 231 Å². The van der Waals surface area contributed by atoms with Gasteiger partial charge in [-0.05, 0) is 55.8 Å². The summed E-state index contributed by atoms with van der Waals surface area (Å²) in [4.78, 5) is 27.9. The summed E-state index contributed by atoms with van der Waals surface area (Å²) in [5.41, 5.74) is 0.492. The standard InChI is InChI=1S/C28H31BrFN3O4S/c1-3-4-18-31-28(35)21(2)32(19-22-10-8-9-13-26(22)30)27(34)20-33(24-16-14-23(29)15-17-24)38(36,37)25-11-6-5-7-12-25/h5-17,21H,3-4,18-20H2,1-2H3,(H,31,35)/t21-/m0/s1. The Kier molecular flexibility index (Phi) is 10.4. The summed E-state index contributed by atoms with van der Waals surface area (Å²) in [7, 11) is -4.14. The first-order valence-electron chi connectivity index (χ1n) is 12.3. The lowest BCUT2D eigenvalue weighted by Crippen LogP contribution is -2.51. The van der Waals surface area contributed by atoms with E-state index in [-0.39, 0.29) is 22.7 Å². The van der Waals surface area contributed by atoms with Crippen LogP contribution in [0.15, 0.2) is 88.2 Å². The second kappa shape index (κ2) is 13.5. The van der Waals surface area contributed by atoms with Crippen LogP contribution in [0.3, 0.4) is 0 Å². The molecule has 0 unspecified atom stereocenters. The van der Waals surface area contributed by atoms with Crippen molar-refractivity contribution in [2.24, 2.45) is 0 Å². The summed E-state index contributed by atoms with van der Waals surface area (Å²) in [6.07, 6.45) is 1.65. The van der Waals surface area contributed by atoms with Crippen molar-refractivity contribution in [2.45, 2.75) is 44.2 Å². The van der Waals surface area contributed by atoms with Gasteiger partial charge in [0.25, 0.3) is 10.0 Å². The summed E-state index contributed by atoms with van der Waals surface area (Å²) in [5.74, 6) is -1.57. The number of benzene rings is 3. The molecule has 0 spiro atoms. The first kappa shape index (κ1) is 29.3. The van der Waals surface area contributed by atoms with Crippen molar-refractivity contribution in [1.29, 1.82) is 0 Å². The lowest BCUT2D eigenvalue weighted by molar-refractivity contribution is -0.139. The van der Waals surface area contributed by atoms with Crippen LogP contribution in [0, 0.1) is 5.82 Å². The van der Waals surface area contributed by atoms with Crippen LogP contribution in [0.4, 0.5) is 10.1 Å². The van der Waals surface area contributed by atoms with Gasteiger partial charge in [0.05, 0.1) is 10.6 Å². The number of rotatable bonds is 12. The number of hydrogen-bond acceptors (Lipinski definition) is 4. The van der Waals surface area contributed by atoms with E-state index >= 15 is 0 Å². The van der Waals surface area contributed by atoms with E-state index in [4.69, 9.17) is 0 Å². The number of carbonyl (C=O) groups excluding carboxylic acids is 2. The van der Waals surface area contributed by atoms with Crippen LogP contribution in [0.2, 0.25) is 0 Å². The first-order valence-corrected chi connectivity index (χ1v) is 14.5. The molecule has 0 aliphatic carbocycles. The zero-order valence-electron chi connectivity index (χ0n) is 21.3. The van der Waals surface area contributed by atoms with E-state index in [2.05, 4.69) is 21.2 Å². The monoisotopic (exact) mass is 603 g/mol. The molecule has 3 rings (SSSR count). The van der Waals surface area contributed by atoms with E-state index in [0.29, 0.717) is 6.54 Å². The fourth-order valence-corrected chi connectivity index (χ4v) is 5.48. The van der Waals surface area contributed by atoms with Crippen molar-refractivity contribution in [2.75, 3.05) is 17.4 Å². The summed E-state index contributed by atoms with van der Waals surface area (Å²) in [5, 5.41) is 2.80. The van der Waals surface area contributed by atoms with Gasteiger partial charge in [-0.25, -0.2) is 12.8 Å². The molecule has 7 nitrogen and oxygen atoms in total. The van der Waals surface area contributed by atoms with Crippen molar-refractivity contribution in [3.63, 3.8) is 0 Å². The maximum absolute atomic E-state index is 14.6. The number of unbranched alkanes of at least 4 members (excludes halogenated alkanes) is 1. The van der Waals surface area contributed by atoms with Crippen LogP contribution in [-0.2, 0) is 26.2 Å². The van der Waals surface area contributed by atoms with Crippen molar-refractivity contribution < 1.29 is 22.4 Å². The maximum Gasteiger partial charge on any atom is 0.264 e. The minimum atomic E-state index is -4.14. The van der Waals surface area contributed by atoms with Gasteiger partial charge in [0.15, 0.2) is 0 Å². The number of nitrogens with zero attached hydrogens (tertiary/aromatic N) is 2. The highest BCUT2D eigenvalue weighted by atomic mass is 79.9. The van der Waals surface area contributed by atoms with Gasteiger partial charge in [0, 0.05) is 23.1 Å². The van der Waals surface area contributed by atoms with E-state index in [0.717, 1.165) is 21.6 Å². The average Bonchev–Trinajstić information content (AvgIpc) is 2.92. The number of halogens is 2. The molecule has 0 radical (unpaired) electrons. The van der Waals surface area contributed by atoms with Gasteiger partial charge in [-0.3, -0.25) is 13.9 Å². The van der Waals surface area contributed by atoms with Gasteiger partial charge in [-0.2, -0.15) is 0 Å². The Morgan fingerprint density at radius 3 is 2.24 bits per heavy atom. The Hall–Kier alpha value is -3.24. The average molecular weight is 605 g/mol. The molecule has 3 aromatic carbocycles. The number of hydrogen-bond donors (Lipinski definition) is 1. The zero-order chi connectivity index (χ0) is 27.7. The van der Waals surface area contributed by atoms with Gasteiger partial charge in [0.2, 0.25) is 11.8 Å².